The Kier molecular flexibility index (Phi) is 3.75. The first-order valence-electron chi connectivity index (χ1n) is 5.49. The van der Waals surface area contributed by atoms with Crippen LogP contribution in [0.15, 0.2) is 42.5 Å². The molecule has 2 aromatic carbocycles. The van der Waals surface area contributed by atoms with Crippen LogP contribution in [0.2, 0.25) is 5.02 Å². The van der Waals surface area contributed by atoms with Crippen molar-refractivity contribution in [3.05, 3.63) is 58.6 Å². The van der Waals surface area contributed by atoms with Crippen molar-refractivity contribution in [1.29, 1.82) is 0 Å². The number of rotatable bonds is 3. The molecule has 3 N–H and O–H groups in total. The lowest BCUT2D eigenvalue weighted by Gasteiger charge is -2.16. The van der Waals surface area contributed by atoms with Crippen molar-refractivity contribution in [2.24, 2.45) is 0 Å². The van der Waals surface area contributed by atoms with Crippen molar-refractivity contribution in [3.8, 4) is 5.75 Å². The van der Waals surface area contributed by atoms with E-state index in [1.807, 2.05) is 0 Å². The van der Waals surface area contributed by atoms with Crippen molar-refractivity contribution in [2.45, 2.75) is 6.10 Å². The van der Waals surface area contributed by atoms with E-state index < -0.39 is 6.10 Å². The molecule has 0 saturated carbocycles. The second-order valence-electron chi connectivity index (χ2n) is 3.92. The number of nitrogens with two attached hydrogens (primary N) is 1. The largest absolute Gasteiger partial charge is 0.495 e. The van der Waals surface area contributed by atoms with Crippen LogP contribution in [0.5, 0.6) is 5.75 Å². The predicted molar refractivity (Wildman–Crippen MR) is 72.9 cm³/mol. The third-order valence-corrected chi connectivity index (χ3v) is 3.01. The fourth-order valence-electron chi connectivity index (χ4n) is 1.83. The smallest absolute Gasteiger partial charge is 0.142 e. The van der Waals surface area contributed by atoms with Gasteiger partial charge < -0.3 is 15.6 Å². The fraction of sp³-hybridized carbons (Fsp3) is 0.143. The molecule has 0 radical (unpaired) electrons. The van der Waals surface area contributed by atoms with E-state index in [0.29, 0.717) is 27.6 Å². The zero-order valence-electron chi connectivity index (χ0n) is 9.93. The van der Waals surface area contributed by atoms with Crippen LogP contribution in [0.25, 0.3) is 0 Å². The summed E-state index contributed by atoms with van der Waals surface area (Å²) in [5.41, 5.74) is 7.69. The summed E-state index contributed by atoms with van der Waals surface area (Å²) in [6.45, 7) is 0. The number of nitrogen functional groups attached to an aromatic ring is 1. The van der Waals surface area contributed by atoms with Gasteiger partial charge in [-0.2, -0.15) is 0 Å². The number of methoxy groups -OCH3 is 1. The molecule has 3 nitrogen and oxygen atoms in total. The van der Waals surface area contributed by atoms with Gasteiger partial charge in [-0.3, -0.25) is 0 Å². The second kappa shape index (κ2) is 5.29. The predicted octanol–water partition coefficient (Wildman–Crippen LogP) is 3.01. The molecule has 18 heavy (non-hydrogen) atoms. The maximum atomic E-state index is 10.3. The third-order valence-electron chi connectivity index (χ3n) is 2.78. The van der Waals surface area contributed by atoms with Crippen LogP contribution in [-0.2, 0) is 0 Å². The molecular weight excluding hydrogens is 250 g/mol. The van der Waals surface area contributed by atoms with E-state index in [1.54, 1.807) is 49.6 Å². The van der Waals surface area contributed by atoms with Crippen molar-refractivity contribution in [3.63, 3.8) is 0 Å². The number of aliphatic hydroxyl groups is 1. The van der Waals surface area contributed by atoms with E-state index in [4.69, 9.17) is 22.1 Å². The summed E-state index contributed by atoms with van der Waals surface area (Å²) in [5.74, 6) is 0.550. The molecular formula is C14H14ClNO2. The normalized spacial score (nSPS) is 12.2. The Balaban J connectivity index is 2.43. The van der Waals surface area contributed by atoms with Gasteiger partial charge in [-0.05, 0) is 23.8 Å². The molecule has 2 rings (SSSR count). The van der Waals surface area contributed by atoms with Crippen LogP contribution < -0.4 is 10.5 Å². The van der Waals surface area contributed by atoms with E-state index in [9.17, 15) is 5.11 Å². The van der Waals surface area contributed by atoms with Crippen molar-refractivity contribution in [1.82, 2.24) is 0 Å². The highest BCUT2D eigenvalue weighted by Crippen LogP contribution is 2.33. The lowest BCUT2D eigenvalue weighted by atomic mass is 10.00. The van der Waals surface area contributed by atoms with Crippen LogP contribution in [0, 0.1) is 0 Å². The Bertz CT molecular complexity index is 557. The molecule has 94 valence electrons. The molecule has 0 aliphatic heterocycles. The summed E-state index contributed by atoms with van der Waals surface area (Å²) in [5, 5.41) is 10.9. The topological polar surface area (TPSA) is 55.5 Å². The molecule has 0 aliphatic rings. The first kappa shape index (κ1) is 12.7. The van der Waals surface area contributed by atoms with E-state index in [0.717, 1.165) is 0 Å². The average Bonchev–Trinajstić information content (AvgIpc) is 2.38. The van der Waals surface area contributed by atoms with Gasteiger partial charge in [-0.1, -0.05) is 35.9 Å². The van der Waals surface area contributed by atoms with E-state index >= 15 is 0 Å². The van der Waals surface area contributed by atoms with Gasteiger partial charge in [0.25, 0.3) is 0 Å². The molecule has 0 aliphatic carbocycles. The van der Waals surface area contributed by atoms with Crippen molar-refractivity contribution >= 4 is 17.3 Å². The zero-order valence-corrected chi connectivity index (χ0v) is 10.7. The molecule has 0 bridgehead atoms. The number of anilines is 1. The minimum atomic E-state index is -0.821. The Morgan fingerprint density at radius 1 is 1.22 bits per heavy atom. The monoisotopic (exact) mass is 263 g/mol. The molecule has 4 heteroatoms. The van der Waals surface area contributed by atoms with Gasteiger partial charge in [-0.25, -0.2) is 0 Å². The third kappa shape index (κ3) is 2.42. The second-order valence-corrected chi connectivity index (χ2v) is 4.36. The summed E-state index contributed by atoms with van der Waals surface area (Å²) in [4.78, 5) is 0. The highest BCUT2D eigenvalue weighted by molar-refractivity contribution is 6.30. The molecule has 0 aromatic heterocycles. The van der Waals surface area contributed by atoms with Gasteiger partial charge >= 0.3 is 0 Å². The SMILES string of the molecule is COc1cccc(C(O)c2cccc(Cl)c2)c1N. The number of halogens is 1. The highest BCUT2D eigenvalue weighted by atomic mass is 35.5. The first-order chi connectivity index (χ1) is 8.63. The van der Waals surface area contributed by atoms with E-state index in [-0.39, 0.29) is 0 Å². The maximum absolute atomic E-state index is 10.3. The summed E-state index contributed by atoms with van der Waals surface area (Å²) in [6, 6.07) is 12.4. The summed E-state index contributed by atoms with van der Waals surface area (Å²) >= 11 is 5.91. The molecule has 0 saturated heterocycles. The molecule has 1 atom stereocenters. The number of ether oxygens (including phenoxy) is 1. The molecule has 1 unspecified atom stereocenters. The van der Waals surface area contributed by atoms with Crippen LogP contribution in [0.1, 0.15) is 17.2 Å². The number of benzene rings is 2. The molecule has 0 heterocycles. The molecule has 0 amide bonds. The van der Waals surface area contributed by atoms with E-state index in [2.05, 4.69) is 0 Å². The van der Waals surface area contributed by atoms with Gasteiger partial charge in [0.1, 0.15) is 11.9 Å². The van der Waals surface area contributed by atoms with Crippen LogP contribution in [0.3, 0.4) is 0 Å². The standard InChI is InChI=1S/C14H14ClNO2/c1-18-12-7-3-6-11(13(12)16)14(17)9-4-2-5-10(15)8-9/h2-8,14,17H,16H2,1H3. The minimum absolute atomic E-state index is 0.437. The Morgan fingerprint density at radius 2 is 1.94 bits per heavy atom. The summed E-state index contributed by atoms with van der Waals surface area (Å²) in [7, 11) is 1.54. The quantitative estimate of drug-likeness (QED) is 0.837. The molecule has 0 fully saturated rings. The minimum Gasteiger partial charge on any atom is -0.495 e. The first-order valence-corrected chi connectivity index (χ1v) is 5.87. The van der Waals surface area contributed by atoms with Crippen LogP contribution in [-0.4, -0.2) is 12.2 Å². The zero-order chi connectivity index (χ0) is 13.1. The van der Waals surface area contributed by atoms with Gasteiger partial charge in [-0.15, -0.1) is 0 Å². The van der Waals surface area contributed by atoms with Crippen molar-refractivity contribution in [2.75, 3.05) is 12.8 Å². The van der Waals surface area contributed by atoms with Gasteiger partial charge in [0.2, 0.25) is 0 Å². The Labute approximate surface area is 111 Å². The number of hydrogen-bond donors (Lipinski definition) is 2. The fourth-order valence-corrected chi connectivity index (χ4v) is 2.03. The molecule has 0 spiro atoms. The lowest BCUT2D eigenvalue weighted by Crippen LogP contribution is -2.05. The summed E-state index contributed by atoms with van der Waals surface area (Å²) in [6.07, 6.45) is -0.821. The number of hydrogen-bond acceptors (Lipinski definition) is 3. The summed E-state index contributed by atoms with van der Waals surface area (Å²) < 4.78 is 5.13. The van der Waals surface area contributed by atoms with Gasteiger partial charge in [0, 0.05) is 10.6 Å². The van der Waals surface area contributed by atoms with E-state index in [1.165, 1.54) is 0 Å². The van der Waals surface area contributed by atoms with Crippen LogP contribution >= 0.6 is 11.6 Å². The van der Waals surface area contributed by atoms with Gasteiger partial charge in [0.05, 0.1) is 12.8 Å². The van der Waals surface area contributed by atoms with Gasteiger partial charge in [0.15, 0.2) is 0 Å². The number of aliphatic hydroxyl groups excluding tert-OH is 1. The molecule has 2 aromatic rings. The van der Waals surface area contributed by atoms with Crippen molar-refractivity contribution < 1.29 is 9.84 Å². The highest BCUT2D eigenvalue weighted by Gasteiger charge is 2.15. The number of para-hydroxylation sites is 1. The average molecular weight is 264 g/mol. The Hall–Kier alpha value is -1.71. The van der Waals surface area contributed by atoms with Crippen LogP contribution in [0.4, 0.5) is 5.69 Å². The lowest BCUT2D eigenvalue weighted by molar-refractivity contribution is 0.220. The maximum Gasteiger partial charge on any atom is 0.142 e. The Morgan fingerprint density at radius 3 is 2.61 bits per heavy atom.